The molecule has 0 saturated heterocycles. The molecule has 1 aliphatic rings. The Labute approximate surface area is 123 Å². The Kier molecular flexibility index (Phi) is 3.79. The molecule has 1 N–H and O–H groups in total. The van der Waals surface area contributed by atoms with Crippen molar-refractivity contribution in [3.05, 3.63) is 29.6 Å². The number of rotatable bonds is 5. The van der Waals surface area contributed by atoms with Gasteiger partial charge in [0.1, 0.15) is 5.69 Å². The highest BCUT2D eigenvalue weighted by Gasteiger charge is 2.28. The van der Waals surface area contributed by atoms with E-state index in [2.05, 4.69) is 10.3 Å². The van der Waals surface area contributed by atoms with E-state index in [9.17, 15) is 5.11 Å². The van der Waals surface area contributed by atoms with Crippen molar-refractivity contribution in [2.24, 2.45) is 0 Å². The zero-order chi connectivity index (χ0) is 14.8. The highest BCUT2D eigenvalue weighted by atomic mass is 16.5. The summed E-state index contributed by atoms with van der Waals surface area (Å²) in [5, 5.41) is 17.8. The van der Waals surface area contributed by atoms with Gasteiger partial charge in [0, 0.05) is 12.0 Å². The summed E-state index contributed by atoms with van der Waals surface area (Å²) in [4.78, 5) is 0. The second kappa shape index (κ2) is 5.73. The van der Waals surface area contributed by atoms with Crippen LogP contribution < -0.4 is 9.47 Å². The van der Waals surface area contributed by atoms with Gasteiger partial charge < -0.3 is 14.6 Å². The van der Waals surface area contributed by atoms with E-state index in [-0.39, 0.29) is 6.61 Å². The minimum Gasteiger partial charge on any atom is -0.493 e. The fourth-order valence-corrected chi connectivity index (χ4v) is 2.67. The van der Waals surface area contributed by atoms with Crippen LogP contribution in [0.25, 0.3) is 5.69 Å². The average molecular weight is 289 g/mol. The minimum atomic E-state index is -0.0842. The van der Waals surface area contributed by atoms with Gasteiger partial charge in [-0.3, -0.25) is 0 Å². The predicted molar refractivity (Wildman–Crippen MR) is 77.0 cm³/mol. The maximum Gasteiger partial charge on any atom is 0.162 e. The molecule has 1 heterocycles. The normalized spacial score (nSPS) is 14.8. The highest BCUT2D eigenvalue weighted by molar-refractivity contribution is 5.49. The smallest absolute Gasteiger partial charge is 0.162 e. The number of aliphatic hydroxyl groups is 1. The molecule has 0 amide bonds. The molecule has 112 valence electrons. The van der Waals surface area contributed by atoms with E-state index in [0.29, 0.717) is 23.1 Å². The van der Waals surface area contributed by atoms with Gasteiger partial charge in [-0.25, -0.2) is 4.68 Å². The first kappa shape index (κ1) is 13.9. The van der Waals surface area contributed by atoms with Crippen LogP contribution in [-0.4, -0.2) is 34.3 Å². The molecule has 1 saturated carbocycles. The molecule has 0 unspecified atom stereocenters. The number of ether oxygens (including phenoxy) is 2. The standard InChI is InChI=1S/C15H19N3O3/c1-20-13-7-6-11(8-14(13)21-2)18-15(10-4-3-5-10)12(9-19)16-17-18/h6-8,10,19H,3-5,9H2,1-2H3. The van der Waals surface area contributed by atoms with E-state index in [1.165, 1.54) is 6.42 Å². The molecular weight excluding hydrogens is 270 g/mol. The van der Waals surface area contributed by atoms with Crippen molar-refractivity contribution >= 4 is 0 Å². The van der Waals surface area contributed by atoms with Gasteiger partial charge in [-0.1, -0.05) is 11.6 Å². The Bertz CT molecular complexity index is 635. The van der Waals surface area contributed by atoms with Crippen LogP contribution in [0.5, 0.6) is 11.5 Å². The second-order valence-electron chi connectivity index (χ2n) is 5.16. The second-order valence-corrected chi connectivity index (χ2v) is 5.16. The van der Waals surface area contributed by atoms with E-state index in [0.717, 1.165) is 24.2 Å². The molecule has 0 bridgehead atoms. The largest absolute Gasteiger partial charge is 0.493 e. The van der Waals surface area contributed by atoms with Crippen molar-refractivity contribution in [2.75, 3.05) is 14.2 Å². The maximum atomic E-state index is 9.47. The average Bonchev–Trinajstić information content (AvgIpc) is 2.88. The Balaban J connectivity index is 2.05. The Morgan fingerprint density at radius 3 is 2.57 bits per heavy atom. The third-order valence-electron chi connectivity index (χ3n) is 4.03. The number of aromatic nitrogens is 3. The highest BCUT2D eigenvalue weighted by Crippen LogP contribution is 2.39. The van der Waals surface area contributed by atoms with E-state index in [4.69, 9.17) is 9.47 Å². The summed E-state index contributed by atoms with van der Waals surface area (Å²) >= 11 is 0. The van der Waals surface area contributed by atoms with Gasteiger partial charge in [0.15, 0.2) is 11.5 Å². The monoisotopic (exact) mass is 289 g/mol. The van der Waals surface area contributed by atoms with Gasteiger partial charge >= 0.3 is 0 Å². The summed E-state index contributed by atoms with van der Waals surface area (Å²) in [6.07, 6.45) is 3.45. The van der Waals surface area contributed by atoms with Crippen LogP contribution >= 0.6 is 0 Å². The summed E-state index contributed by atoms with van der Waals surface area (Å²) in [6, 6.07) is 5.63. The predicted octanol–water partition coefficient (Wildman–Crippen LogP) is 2.04. The molecule has 0 atom stereocenters. The van der Waals surface area contributed by atoms with Crippen molar-refractivity contribution in [3.63, 3.8) is 0 Å². The number of hydrogen-bond donors (Lipinski definition) is 1. The SMILES string of the molecule is COc1ccc(-n2nnc(CO)c2C2CCC2)cc1OC. The lowest BCUT2D eigenvalue weighted by Crippen LogP contribution is -2.16. The molecule has 0 radical (unpaired) electrons. The number of nitrogens with zero attached hydrogens (tertiary/aromatic N) is 3. The van der Waals surface area contributed by atoms with Crippen molar-refractivity contribution in [2.45, 2.75) is 31.8 Å². The van der Waals surface area contributed by atoms with Gasteiger partial charge in [-0.2, -0.15) is 0 Å². The van der Waals surface area contributed by atoms with Gasteiger partial charge in [-0.15, -0.1) is 5.10 Å². The molecule has 1 fully saturated rings. The van der Waals surface area contributed by atoms with E-state index >= 15 is 0 Å². The third kappa shape index (κ3) is 2.35. The van der Waals surface area contributed by atoms with Crippen LogP contribution in [-0.2, 0) is 6.61 Å². The molecule has 6 heteroatoms. The van der Waals surface area contributed by atoms with Crippen LogP contribution in [0.3, 0.4) is 0 Å². The van der Waals surface area contributed by atoms with Crippen LogP contribution in [0.4, 0.5) is 0 Å². The molecule has 21 heavy (non-hydrogen) atoms. The molecular formula is C15H19N3O3. The molecule has 3 rings (SSSR count). The molecule has 6 nitrogen and oxygen atoms in total. The minimum absolute atomic E-state index is 0.0842. The Morgan fingerprint density at radius 1 is 1.24 bits per heavy atom. The lowest BCUT2D eigenvalue weighted by atomic mass is 9.82. The van der Waals surface area contributed by atoms with Crippen molar-refractivity contribution in [1.82, 2.24) is 15.0 Å². The lowest BCUT2D eigenvalue weighted by molar-refractivity contribution is 0.272. The van der Waals surface area contributed by atoms with Crippen LogP contribution in [0.2, 0.25) is 0 Å². The van der Waals surface area contributed by atoms with Crippen LogP contribution in [0, 0.1) is 0 Å². The van der Waals surface area contributed by atoms with Crippen molar-refractivity contribution in [1.29, 1.82) is 0 Å². The quantitative estimate of drug-likeness (QED) is 0.912. The summed E-state index contributed by atoms with van der Waals surface area (Å²) < 4.78 is 12.4. The lowest BCUT2D eigenvalue weighted by Gasteiger charge is -2.26. The van der Waals surface area contributed by atoms with Gasteiger partial charge in [0.05, 0.1) is 32.2 Å². The zero-order valence-corrected chi connectivity index (χ0v) is 12.2. The Hall–Kier alpha value is -2.08. The van der Waals surface area contributed by atoms with Crippen molar-refractivity contribution in [3.8, 4) is 17.2 Å². The van der Waals surface area contributed by atoms with Crippen LogP contribution in [0.1, 0.15) is 36.6 Å². The molecule has 1 aliphatic carbocycles. The first-order chi connectivity index (χ1) is 10.3. The number of aliphatic hydroxyl groups excluding tert-OH is 1. The van der Waals surface area contributed by atoms with Gasteiger partial charge in [0.2, 0.25) is 0 Å². The fourth-order valence-electron chi connectivity index (χ4n) is 2.67. The first-order valence-corrected chi connectivity index (χ1v) is 7.06. The molecule has 0 spiro atoms. The molecule has 1 aromatic heterocycles. The summed E-state index contributed by atoms with van der Waals surface area (Å²) in [5.74, 6) is 1.75. The maximum absolute atomic E-state index is 9.47. The topological polar surface area (TPSA) is 69.4 Å². The first-order valence-electron chi connectivity index (χ1n) is 7.06. The molecule has 1 aromatic carbocycles. The molecule has 2 aromatic rings. The summed E-state index contributed by atoms with van der Waals surface area (Å²) in [7, 11) is 3.21. The van der Waals surface area contributed by atoms with E-state index in [1.54, 1.807) is 18.9 Å². The number of benzene rings is 1. The fraction of sp³-hybridized carbons (Fsp3) is 0.467. The number of methoxy groups -OCH3 is 2. The molecule has 0 aliphatic heterocycles. The summed E-state index contributed by atoms with van der Waals surface area (Å²) in [5.41, 5.74) is 2.53. The van der Waals surface area contributed by atoms with E-state index in [1.807, 2.05) is 18.2 Å². The van der Waals surface area contributed by atoms with Crippen molar-refractivity contribution < 1.29 is 14.6 Å². The van der Waals surface area contributed by atoms with Gasteiger partial charge in [-0.05, 0) is 25.0 Å². The van der Waals surface area contributed by atoms with Crippen LogP contribution in [0.15, 0.2) is 18.2 Å². The Morgan fingerprint density at radius 2 is 2.00 bits per heavy atom. The number of hydrogen-bond acceptors (Lipinski definition) is 5. The van der Waals surface area contributed by atoms with Gasteiger partial charge in [0.25, 0.3) is 0 Å². The zero-order valence-electron chi connectivity index (χ0n) is 12.2. The third-order valence-corrected chi connectivity index (χ3v) is 4.03. The van der Waals surface area contributed by atoms with E-state index < -0.39 is 0 Å². The summed E-state index contributed by atoms with van der Waals surface area (Å²) in [6.45, 7) is -0.0842.